The second-order valence-electron chi connectivity index (χ2n) is 5.97. The molecule has 1 heterocycles. The van der Waals surface area contributed by atoms with E-state index in [0.717, 1.165) is 5.39 Å². The van der Waals surface area contributed by atoms with Crippen LogP contribution in [0.3, 0.4) is 0 Å². The van der Waals surface area contributed by atoms with Crippen LogP contribution < -0.4 is 9.46 Å². The number of para-hydroxylation sites is 1. The van der Waals surface area contributed by atoms with Crippen LogP contribution in [-0.2, 0) is 10.0 Å². The van der Waals surface area contributed by atoms with Crippen LogP contribution in [-0.4, -0.2) is 18.8 Å². The highest BCUT2D eigenvalue weighted by Gasteiger charge is 2.18. The molecule has 4 aromatic rings. The number of hydrogen-bond donors (Lipinski definition) is 1. The van der Waals surface area contributed by atoms with Crippen molar-refractivity contribution < 1.29 is 17.9 Å². The highest BCUT2D eigenvalue weighted by Crippen LogP contribution is 2.30. The molecule has 0 aliphatic rings. The van der Waals surface area contributed by atoms with Crippen molar-refractivity contribution in [2.75, 3.05) is 4.72 Å². The molecule has 0 bridgehead atoms. The van der Waals surface area contributed by atoms with E-state index in [-0.39, 0.29) is 4.90 Å². The first-order chi connectivity index (χ1) is 13.4. The van der Waals surface area contributed by atoms with Gasteiger partial charge >= 0.3 is 5.43 Å². The maximum atomic E-state index is 12.9. The summed E-state index contributed by atoms with van der Waals surface area (Å²) in [5.74, 6) is 0.296. The molecule has 3 aromatic carbocycles. The van der Waals surface area contributed by atoms with E-state index < -0.39 is 15.5 Å². The molecule has 1 aromatic heterocycles. The lowest BCUT2D eigenvalue weighted by molar-refractivity contribution is 0.226. The summed E-state index contributed by atoms with van der Waals surface area (Å²) in [5, 5.41) is 2.05. The highest BCUT2D eigenvalue weighted by molar-refractivity contribution is 7.93. The van der Waals surface area contributed by atoms with Crippen molar-refractivity contribution in [1.29, 1.82) is 0 Å². The number of ether oxygens (including phenoxy) is 1. The van der Waals surface area contributed by atoms with Crippen LogP contribution >= 0.6 is 11.6 Å². The van der Waals surface area contributed by atoms with Gasteiger partial charge in [-0.25, -0.2) is 13.2 Å². The minimum atomic E-state index is -3.86. The van der Waals surface area contributed by atoms with Crippen LogP contribution in [0.5, 0.6) is 5.75 Å². The van der Waals surface area contributed by atoms with Crippen LogP contribution in [0.2, 0.25) is 0 Å². The van der Waals surface area contributed by atoms with E-state index >= 15 is 0 Å². The SMILES string of the molecule is O=C(Cl)Oc1cccc2cc(NS(=O)(=O)c3cccc4cccnc34)ccc12. The third kappa shape index (κ3) is 3.49. The van der Waals surface area contributed by atoms with Crippen LogP contribution in [0.15, 0.2) is 77.8 Å². The number of halogens is 1. The number of benzene rings is 3. The van der Waals surface area contributed by atoms with Gasteiger partial charge in [0.2, 0.25) is 0 Å². The van der Waals surface area contributed by atoms with Crippen molar-refractivity contribution in [2.45, 2.75) is 4.90 Å². The summed E-state index contributed by atoms with van der Waals surface area (Å²) in [6.45, 7) is 0. The molecule has 140 valence electrons. The number of nitrogens with zero attached hydrogens (tertiary/aromatic N) is 1. The number of hydrogen-bond acceptors (Lipinski definition) is 5. The predicted octanol–water partition coefficient (Wildman–Crippen LogP) is 4.93. The average Bonchev–Trinajstić information content (AvgIpc) is 2.67. The Bertz CT molecular complexity index is 1320. The van der Waals surface area contributed by atoms with Crippen LogP contribution in [0, 0.1) is 0 Å². The molecule has 28 heavy (non-hydrogen) atoms. The number of rotatable bonds is 4. The summed E-state index contributed by atoms with van der Waals surface area (Å²) in [7, 11) is -3.86. The van der Waals surface area contributed by atoms with Crippen molar-refractivity contribution in [2.24, 2.45) is 0 Å². The summed E-state index contributed by atoms with van der Waals surface area (Å²) >= 11 is 5.29. The van der Waals surface area contributed by atoms with Crippen LogP contribution in [0.1, 0.15) is 0 Å². The number of nitrogens with one attached hydrogen (secondary N) is 1. The lowest BCUT2D eigenvalue weighted by Crippen LogP contribution is -2.13. The molecular formula is C20H13ClN2O4S. The Morgan fingerprint density at radius 2 is 1.71 bits per heavy atom. The molecule has 0 atom stereocenters. The van der Waals surface area contributed by atoms with Crippen molar-refractivity contribution in [1.82, 2.24) is 4.98 Å². The van der Waals surface area contributed by atoms with E-state index in [1.165, 1.54) is 6.07 Å². The zero-order valence-electron chi connectivity index (χ0n) is 14.3. The van der Waals surface area contributed by atoms with Crippen molar-refractivity contribution in [3.05, 3.63) is 72.9 Å². The zero-order valence-corrected chi connectivity index (χ0v) is 15.9. The van der Waals surface area contributed by atoms with Gasteiger partial charge in [0.25, 0.3) is 10.0 Å². The summed E-state index contributed by atoms with van der Waals surface area (Å²) in [5.41, 5.74) is -0.176. The molecule has 0 aliphatic heterocycles. The molecule has 0 spiro atoms. The molecular weight excluding hydrogens is 400 g/mol. The number of sulfonamides is 1. The maximum Gasteiger partial charge on any atom is 0.409 e. The van der Waals surface area contributed by atoms with Crippen molar-refractivity contribution in [3.8, 4) is 5.75 Å². The Kier molecular flexibility index (Phi) is 4.62. The van der Waals surface area contributed by atoms with E-state index in [0.29, 0.717) is 27.7 Å². The fraction of sp³-hybridized carbons (Fsp3) is 0. The molecule has 0 radical (unpaired) electrons. The van der Waals surface area contributed by atoms with Crippen molar-refractivity contribution >= 4 is 54.4 Å². The number of fused-ring (bicyclic) bond motifs is 2. The second-order valence-corrected chi connectivity index (χ2v) is 7.93. The van der Waals surface area contributed by atoms with E-state index in [9.17, 15) is 13.2 Å². The molecule has 0 saturated heterocycles. The first-order valence-corrected chi connectivity index (χ1v) is 10.1. The molecule has 8 heteroatoms. The van der Waals surface area contributed by atoms with Gasteiger partial charge in [0.1, 0.15) is 10.6 Å². The van der Waals surface area contributed by atoms with E-state index in [1.54, 1.807) is 66.9 Å². The van der Waals surface area contributed by atoms with Gasteiger partial charge in [-0.05, 0) is 41.8 Å². The minimum Gasteiger partial charge on any atom is -0.414 e. The minimum absolute atomic E-state index is 0.0931. The van der Waals surface area contributed by atoms with Gasteiger partial charge in [0.05, 0.1) is 5.52 Å². The number of anilines is 1. The quantitative estimate of drug-likeness (QED) is 0.480. The van der Waals surface area contributed by atoms with Crippen LogP contribution in [0.25, 0.3) is 21.7 Å². The third-order valence-electron chi connectivity index (χ3n) is 4.17. The second kappa shape index (κ2) is 7.10. The van der Waals surface area contributed by atoms with Gasteiger partial charge in [-0.2, -0.15) is 0 Å². The average molecular weight is 413 g/mol. The van der Waals surface area contributed by atoms with E-state index in [4.69, 9.17) is 16.3 Å². The normalized spacial score (nSPS) is 11.5. The van der Waals surface area contributed by atoms with Gasteiger partial charge in [-0.1, -0.05) is 30.3 Å². The molecule has 0 unspecified atom stereocenters. The molecule has 0 saturated carbocycles. The summed E-state index contributed by atoms with van der Waals surface area (Å²) in [4.78, 5) is 15.3. The van der Waals surface area contributed by atoms with E-state index in [2.05, 4.69) is 9.71 Å². The summed E-state index contributed by atoms with van der Waals surface area (Å²) in [6.07, 6.45) is 1.55. The Balaban J connectivity index is 1.74. The van der Waals surface area contributed by atoms with Gasteiger partial charge in [-0.15, -0.1) is 0 Å². The molecule has 0 fully saturated rings. The van der Waals surface area contributed by atoms with Gasteiger partial charge in [0.15, 0.2) is 0 Å². The first kappa shape index (κ1) is 18.2. The van der Waals surface area contributed by atoms with Gasteiger partial charge < -0.3 is 4.74 Å². The Labute approximate surface area is 165 Å². The smallest absolute Gasteiger partial charge is 0.409 e. The zero-order chi connectivity index (χ0) is 19.7. The number of aromatic nitrogens is 1. The van der Waals surface area contributed by atoms with Crippen molar-refractivity contribution in [3.63, 3.8) is 0 Å². The predicted molar refractivity (Wildman–Crippen MR) is 108 cm³/mol. The van der Waals surface area contributed by atoms with E-state index in [1.807, 2.05) is 0 Å². The number of carbonyl (C=O) groups excluding carboxylic acids is 1. The van der Waals surface area contributed by atoms with Gasteiger partial charge in [0, 0.05) is 34.3 Å². The molecule has 1 N–H and O–H groups in total. The van der Waals surface area contributed by atoms with Crippen LogP contribution in [0.4, 0.5) is 10.5 Å². The monoisotopic (exact) mass is 412 g/mol. The number of pyridine rings is 1. The largest absolute Gasteiger partial charge is 0.414 e. The Hall–Kier alpha value is -3.16. The molecule has 6 nitrogen and oxygen atoms in total. The topological polar surface area (TPSA) is 85.4 Å². The fourth-order valence-electron chi connectivity index (χ4n) is 3.00. The standard InChI is InChI=1S/C20H13ClN2O4S/c21-20(24)27-17-7-1-5-14-12-15(9-10-16(14)17)23-28(25,26)18-8-2-4-13-6-3-11-22-19(13)18/h1-12,23H. The summed E-state index contributed by atoms with van der Waals surface area (Å²) in [6, 6.07) is 18.5. The Morgan fingerprint density at radius 1 is 0.964 bits per heavy atom. The maximum absolute atomic E-state index is 12.9. The van der Waals surface area contributed by atoms with Gasteiger partial charge in [-0.3, -0.25) is 9.71 Å². The molecule has 0 amide bonds. The first-order valence-electron chi connectivity index (χ1n) is 8.21. The fourth-order valence-corrected chi connectivity index (χ4v) is 4.31. The highest BCUT2D eigenvalue weighted by atomic mass is 35.5. The lowest BCUT2D eigenvalue weighted by Gasteiger charge is -2.11. The summed E-state index contributed by atoms with van der Waals surface area (Å²) < 4.78 is 33.4. The molecule has 0 aliphatic carbocycles. The lowest BCUT2D eigenvalue weighted by atomic mass is 10.1. The number of carbonyl (C=O) groups is 1. The Morgan fingerprint density at radius 3 is 2.54 bits per heavy atom. The third-order valence-corrected chi connectivity index (χ3v) is 5.66. The molecule has 4 rings (SSSR count).